The first-order chi connectivity index (χ1) is 10.3. The summed E-state index contributed by atoms with van der Waals surface area (Å²) in [5, 5.41) is 0. The van der Waals surface area contributed by atoms with E-state index in [0.717, 1.165) is 37.9 Å². The number of fused-ring (bicyclic) bond motifs is 1. The number of rotatable bonds is 5. The third-order valence-electron chi connectivity index (χ3n) is 3.95. The molecule has 0 saturated heterocycles. The first kappa shape index (κ1) is 14.0. The summed E-state index contributed by atoms with van der Waals surface area (Å²) in [6, 6.07) is 10.8. The highest BCUT2D eigenvalue weighted by Gasteiger charge is 2.13. The van der Waals surface area contributed by atoms with Crippen LogP contribution in [0.4, 0.5) is 0 Å². The molecule has 0 unspecified atom stereocenters. The molecule has 0 aliphatic heterocycles. The number of benzene rings is 1. The van der Waals surface area contributed by atoms with E-state index in [0.29, 0.717) is 0 Å². The smallest absolute Gasteiger partial charge is 0.128 e. The van der Waals surface area contributed by atoms with Gasteiger partial charge < -0.3 is 0 Å². The first-order valence-electron chi connectivity index (χ1n) is 7.91. The fourth-order valence-corrected chi connectivity index (χ4v) is 2.92. The zero-order chi connectivity index (χ0) is 14.7. The van der Waals surface area contributed by atoms with E-state index in [9.17, 15) is 0 Å². The van der Waals surface area contributed by atoms with Gasteiger partial charge in [-0.2, -0.15) is 0 Å². The van der Waals surface area contributed by atoms with Crippen LogP contribution in [0.1, 0.15) is 48.6 Å². The molecule has 108 valence electrons. The third kappa shape index (κ3) is 3.21. The lowest BCUT2D eigenvalue weighted by Gasteiger charge is -2.07. The van der Waals surface area contributed by atoms with Crippen molar-refractivity contribution in [3.8, 4) is 0 Å². The fraction of sp³-hybridized carbons (Fsp3) is 0.368. The van der Waals surface area contributed by atoms with Crippen molar-refractivity contribution in [2.45, 2.75) is 46.0 Å². The maximum atomic E-state index is 4.75. The van der Waals surface area contributed by atoms with E-state index in [1.54, 1.807) is 0 Å². The van der Waals surface area contributed by atoms with Gasteiger partial charge in [0.2, 0.25) is 0 Å². The maximum Gasteiger partial charge on any atom is 0.128 e. The minimum absolute atomic E-state index is 0.945. The van der Waals surface area contributed by atoms with E-state index >= 15 is 0 Å². The molecule has 3 rings (SSSR count). The van der Waals surface area contributed by atoms with Crippen LogP contribution in [-0.2, 0) is 25.7 Å². The van der Waals surface area contributed by atoms with E-state index in [2.05, 4.69) is 55.2 Å². The molecule has 21 heavy (non-hydrogen) atoms. The van der Waals surface area contributed by atoms with Gasteiger partial charge in [0.05, 0.1) is 0 Å². The lowest BCUT2D eigenvalue weighted by molar-refractivity contribution is 0.793. The Morgan fingerprint density at radius 3 is 2.62 bits per heavy atom. The summed E-state index contributed by atoms with van der Waals surface area (Å²) in [4.78, 5) is 9.37. The van der Waals surface area contributed by atoms with Crippen LogP contribution in [0.3, 0.4) is 0 Å². The molecule has 1 heterocycles. The Morgan fingerprint density at radius 1 is 1.05 bits per heavy atom. The Labute approximate surface area is 127 Å². The summed E-state index contributed by atoms with van der Waals surface area (Å²) >= 11 is 0. The quantitative estimate of drug-likeness (QED) is 0.820. The number of allylic oxidation sites excluding steroid dienone is 1. The van der Waals surface area contributed by atoms with Crippen molar-refractivity contribution < 1.29 is 0 Å². The van der Waals surface area contributed by atoms with Gasteiger partial charge in [0.1, 0.15) is 5.82 Å². The molecule has 1 aliphatic rings. The van der Waals surface area contributed by atoms with Gasteiger partial charge in [-0.1, -0.05) is 49.8 Å². The second-order valence-corrected chi connectivity index (χ2v) is 5.73. The Kier molecular flexibility index (Phi) is 4.14. The van der Waals surface area contributed by atoms with E-state index in [4.69, 9.17) is 4.98 Å². The summed E-state index contributed by atoms with van der Waals surface area (Å²) in [6.07, 6.45) is 7.38. The van der Waals surface area contributed by atoms with Gasteiger partial charge in [0.15, 0.2) is 0 Å². The zero-order valence-electron chi connectivity index (χ0n) is 12.9. The van der Waals surface area contributed by atoms with Crippen molar-refractivity contribution in [1.29, 1.82) is 0 Å². The molecule has 0 amide bonds. The highest BCUT2D eigenvalue weighted by Crippen LogP contribution is 2.26. The minimum atomic E-state index is 0.945. The Morgan fingerprint density at radius 2 is 1.86 bits per heavy atom. The zero-order valence-corrected chi connectivity index (χ0v) is 12.9. The van der Waals surface area contributed by atoms with Crippen LogP contribution < -0.4 is 0 Å². The van der Waals surface area contributed by atoms with Gasteiger partial charge in [0.25, 0.3) is 0 Å². The Balaban J connectivity index is 1.81. The lowest BCUT2D eigenvalue weighted by Crippen LogP contribution is -2.04. The maximum absolute atomic E-state index is 4.75. The highest BCUT2D eigenvalue weighted by atomic mass is 14.9. The molecule has 0 saturated carbocycles. The standard InChI is InChI=1S/C19H22N2/c1-3-7-19-20-17(4-2)13-18(21-19)12-14-10-15-8-5-6-9-16(15)11-14/h5-6,8-10,13H,3-4,7,11-12H2,1-2H3. The summed E-state index contributed by atoms with van der Waals surface area (Å²) in [5.74, 6) is 1.00. The van der Waals surface area contributed by atoms with Gasteiger partial charge in [0, 0.05) is 24.2 Å². The van der Waals surface area contributed by atoms with Crippen molar-refractivity contribution in [1.82, 2.24) is 9.97 Å². The summed E-state index contributed by atoms with van der Waals surface area (Å²) in [7, 11) is 0. The van der Waals surface area contributed by atoms with Gasteiger partial charge in [-0.25, -0.2) is 9.97 Å². The fourth-order valence-electron chi connectivity index (χ4n) is 2.92. The molecule has 2 aromatic rings. The van der Waals surface area contributed by atoms with Gasteiger partial charge in [-0.15, -0.1) is 0 Å². The lowest BCUT2D eigenvalue weighted by atomic mass is 10.1. The number of hydrogen-bond donors (Lipinski definition) is 0. The van der Waals surface area contributed by atoms with Gasteiger partial charge >= 0.3 is 0 Å². The molecular weight excluding hydrogens is 256 g/mol. The van der Waals surface area contributed by atoms with E-state index < -0.39 is 0 Å². The van der Waals surface area contributed by atoms with Crippen LogP contribution in [0, 0.1) is 0 Å². The molecule has 2 nitrogen and oxygen atoms in total. The SMILES string of the molecule is CCCc1nc(CC)cc(CC2=Cc3ccccc3C2)n1. The van der Waals surface area contributed by atoms with Crippen LogP contribution in [0.25, 0.3) is 6.08 Å². The van der Waals surface area contributed by atoms with Crippen LogP contribution in [0.15, 0.2) is 35.9 Å². The predicted molar refractivity (Wildman–Crippen MR) is 87.2 cm³/mol. The summed E-state index contributed by atoms with van der Waals surface area (Å²) in [6.45, 7) is 4.34. The summed E-state index contributed by atoms with van der Waals surface area (Å²) in [5.41, 5.74) is 6.60. The predicted octanol–water partition coefficient (Wildman–Crippen LogP) is 4.17. The minimum Gasteiger partial charge on any atom is -0.238 e. The number of aryl methyl sites for hydroxylation is 2. The van der Waals surface area contributed by atoms with Crippen molar-refractivity contribution >= 4 is 6.08 Å². The molecule has 0 fully saturated rings. The highest BCUT2D eigenvalue weighted by molar-refractivity contribution is 5.64. The molecule has 0 spiro atoms. The largest absolute Gasteiger partial charge is 0.238 e. The molecule has 0 N–H and O–H groups in total. The second kappa shape index (κ2) is 6.21. The molecule has 0 atom stereocenters. The van der Waals surface area contributed by atoms with E-state index in [1.165, 1.54) is 28.1 Å². The average molecular weight is 278 g/mol. The molecule has 1 aromatic heterocycles. The van der Waals surface area contributed by atoms with E-state index in [-0.39, 0.29) is 0 Å². The molecular formula is C19H22N2. The van der Waals surface area contributed by atoms with Crippen molar-refractivity contribution in [3.63, 3.8) is 0 Å². The van der Waals surface area contributed by atoms with Crippen molar-refractivity contribution in [2.24, 2.45) is 0 Å². The van der Waals surface area contributed by atoms with Crippen molar-refractivity contribution in [2.75, 3.05) is 0 Å². The molecule has 1 aliphatic carbocycles. The van der Waals surface area contributed by atoms with E-state index in [1.807, 2.05) is 0 Å². The van der Waals surface area contributed by atoms with Gasteiger partial charge in [-0.3, -0.25) is 0 Å². The molecule has 2 heteroatoms. The molecule has 0 bridgehead atoms. The summed E-state index contributed by atoms with van der Waals surface area (Å²) < 4.78 is 0. The third-order valence-corrected chi connectivity index (χ3v) is 3.95. The normalized spacial score (nSPS) is 13.1. The van der Waals surface area contributed by atoms with Gasteiger partial charge in [-0.05, 0) is 36.5 Å². The van der Waals surface area contributed by atoms with Crippen LogP contribution >= 0.6 is 0 Å². The number of aromatic nitrogens is 2. The first-order valence-corrected chi connectivity index (χ1v) is 7.91. The van der Waals surface area contributed by atoms with Crippen LogP contribution in [-0.4, -0.2) is 9.97 Å². The second-order valence-electron chi connectivity index (χ2n) is 5.73. The average Bonchev–Trinajstić information content (AvgIpc) is 2.89. The number of nitrogens with zero attached hydrogens (tertiary/aromatic N) is 2. The topological polar surface area (TPSA) is 25.8 Å². The Bertz CT molecular complexity index is 671. The molecule has 1 aromatic carbocycles. The van der Waals surface area contributed by atoms with Crippen LogP contribution in [0.5, 0.6) is 0 Å². The molecule has 0 radical (unpaired) electrons. The number of hydrogen-bond acceptors (Lipinski definition) is 2. The monoisotopic (exact) mass is 278 g/mol. The Hall–Kier alpha value is -1.96. The van der Waals surface area contributed by atoms with Crippen molar-refractivity contribution in [3.05, 3.63) is 64.2 Å². The van der Waals surface area contributed by atoms with Crippen LogP contribution in [0.2, 0.25) is 0 Å².